The minimum atomic E-state index is 0.440. The van der Waals surface area contributed by atoms with Crippen molar-refractivity contribution in [3.63, 3.8) is 0 Å². The van der Waals surface area contributed by atoms with Crippen molar-refractivity contribution in [3.8, 4) is 6.07 Å². The van der Waals surface area contributed by atoms with Crippen LogP contribution in [0.25, 0.3) is 0 Å². The number of hydrogen-bond donors (Lipinski definition) is 1. The highest BCUT2D eigenvalue weighted by Crippen LogP contribution is 2.21. The number of nitrogens with zero attached hydrogens (tertiary/aromatic N) is 3. The molecule has 6 heteroatoms. The number of benzene rings is 1. The van der Waals surface area contributed by atoms with Gasteiger partial charge in [-0.15, -0.1) is 0 Å². The molecule has 0 aliphatic carbocycles. The molecule has 86 valence electrons. The van der Waals surface area contributed by atoms with Crippen LogP contribution in [0, 0.1) is 11.3 Å². The van der Waals surface area contributed by atoms with Crippen LogP contribution >= 0.6 is 27.5 Å². The predicted octanol–water partition coefficient (Wildman–Crippen LogP) is 2.80. The van der Waals surface area contributed by atoms with Gasteiger partial charge in [-0.25, -0.2) is 0 Å². The Hall–Kier alpha value is -1.51. The van der Waals surface area contributed by atoms with Crippen molar-refractivity contribution in [2.75, 3.05) is 5.73 Å². The van der Waals surface area contributed by atoms with Crippen molar-refractivity contribution in [2.45, 2.75) is 6.54 Å². The lowest BCUT2D eigenvalue weighted by atomic mass is 10.1. The molecule has 1 aromatic heterocycles. The molecular weight excluding hydrogens is 304 g/mol. The lowest BCUT2D eigenvalue weighted by Gasteiger charge is -2.04. The van der Waals surface area contributed by atoms with Crippen molar-refractivity contribution in [2.24, 2.45) is 0 Å². The van der Waals surface area contributed by atoms with Gasteiger partial charge in [0.15, 0.2) is 5.82 Å². The number of anilines is 1. The maximum Gasteiger partial charge on any atom is 0.159 e. The molecule has 0 amide bonds. The summed E-state index contributed by atoms with van der Waals surface area (Å²) in [5.41, 5.74) is 7.05. The van der Waals surface area contributed by atoms with E-state index in [-0.39, 0.29) is 0 Å². The number of nitrogens with two attached hydrogens (primary N) is 1. The van der Waals surface area contributed by atoms with Gasteiger partial charge >= 0.3 is 0 Å². The zero-order valence-electron chi connectivity index (χ0n) is 8.69. The first kappa shape index (κ1) is 12.0. The predicted molar refractivity (Wildman–Crippen MR) is 69.6 cm³/mol. The summed E-state index contributed by atoms with van der Waals surface area (Å²) in [5.74, 6) is 0.440. The highest BCUT2D eigenvalue weighted by atomic mass is 79.9. The summed E-state index contributed by atoms with van der Waals surface area (Å²) in [6.07, 6.45) is 1.78. The molecule has 0 radical (unpaired) electrons. The second-order valence-corrected chi connectivity index (χ2v) is 4.74. The molecule has 0 aliphatic heterocycles. The van der Waals surface area contributed by atoms with Crippen molar-refractivity contribution in [1.29, 1.82) is 5.26 Å². The quantitative estimate of drug-likeness (QED) is 0.927. The van der Waals surface area contributed by atoms with Gasteiger partial charge in [-0.1, -0.05) is 17.7 Å². The first-order valence-electron chi connectivity index (χ1n) is 4.77. The topological polar surface area (TPSA) is 67.6 Å². The Kier molecular flexibility index (Phi) is 3.36. The maximum atomic E-state index is 8.73. The summed E-state index contributed by atoms with van der Waals surface area (Å²) < 4.78 is 2.44. The van der Waals surface area contributed by atoms with Gasteiger partial charge in [-0.05, 0) is 33.6 Å². The van der Waals surface area contributed by atoms with Crippen LogP contribution in [0.1, 0.15) is 11.1 Å². The first-order valence-corrected chi connectivity index (χ1v) is 5.94. The molecule has 0 saturated heterocycles. The third-order valence-electron chi connectivity index (χ3n) is 2.26. The summed E-state index contributed by atoms with van der Waals surface area (Å²) in [6.45, 7) is 0.514. The minimum Gasteiger partial charge on any atom is -0.381 e. The number of halogens is 2. The van der Waals surface area contributed by atoms with Crippen LogP contribution in [0.5, 0.6) is 0 Å². The average Bonchev–Trinajstić information content (AvgIpc) is 2.61. The summed E-state index contributed by atoms with van der Waals surface area (Å²) in [6, 6.07) is 7.21. The molecule has 0 spiro atoms. The zero-order chi connectivity index (χ0) is 12.4. The summed E-state index contributed by atoms with van der Waals surface area (Å²) in [7, 11) is 0. The Balaban J connectivity index is 2.28. The molecule has 0 bridgehead atoms. The third kappa shape index (κ3) is 2.60. The normalized spacial score (nSPS) is 10.2. The van der Waals surface area contributed by atoms with Crippen molar-refractivity contribution < 1.29 is 0 Å². The first-order chi connectivity index (χ1) is 8.10. The lowest BCUT2D eigenvalue weighted by Crippen LogP contribution is -2.01. The van der Waals surface area contributed by atoms with E-state index in [2.05, 4.69) is 21.0 Å². The van der Waals surface area contributed by atoms with Crippen LogP contribution in [0.3, 0.4) is 0 Å². The van der Waals surface area contributed by atoms with E-state index < -0.39 is 0 Å². The fourth-order valence-corrected chi connectivity index (χ4v) is 1.97. The monoisotopic (exact) mass is 310 g/mol. The van der Waals surface area contributed by atoms with E-state index in [1.165, 1.54) is 0 Å². The number of hydrogen-bond acceptors (Lipinski definition) is 3. The molecule has 0 unspecified atom stereocenters. The Morgan fingerprint density at radius 2 is 2.29 bits per heavy atom. The fraction of sp³-hybridized carbons (Fsp3) is 0.0909. The highest BCUT2D eigenvalue weighted by Gasteiger charge is 2.06. The van der Waals surface area contributed by atoms with Crippen LogP contribution in [-0.2, 0) is 6.54 Å². The SMILES string of the molecule is N#Cc1ccc(Cn2cc(Br)c(N)n2)c(Cl)c1. The average molecular weight is 312 g/mol. The van der Waals surface area contributed by atoms with Gasteiger partial charge < -0.3 is 5.73 Å². The van der Waals surface area contributed by atoms with E-state index in [1.807, 2.05) is 12.1 Å². The summed E-state index contributed by atoms with van der Waals surface area (Å²) >= 11 is 9.36. The van der Waals surface area contributed by atoms with Crippen LogP contribution in [0.15, 0.2) is 28.9 Å². The smallest absolute Gasteiger partial charge is 0.159 e. The Bertz CT molecular complexity index is 581. The van der Waals surface area contributed by atoms with Crippen LogP contribution in [0.2, 0.25) is 5.02 Å². The number of nitrogen functional groups attached to an aromatic ring is 1. The number of aromatic nitrogens is 2. The Labute approximate surface area is 112 Å². The highest BCUT2D eigenvalue weighted by molar-refractivity contribution is 9.10. The largest absolute Gasteiger partial charge is 0.381 e. The van der Waals surface area contributed by atoms with Gasteiger partial charge in [0.2, 0.25) is 0 Å². The van der Waals surface area contributed by atoms with E-state index in [0.29, 0.717) is 22.9 Å². The standard InChI is InChI=1S/C11H8BrClN4/c12-9-6-17(16-11(9)15)5-8-2-1-7(4-14)3-10(8)13/h1-3,6H,5H2,(H2,15,16). The molecule has 4 nitrogen and oxygen atoms in total. The maximum absolute atomic E-state index is 8.73. The van der Waals surface area contributed by atoms with Crippen molar-refractivity contribution >= 4 is 33.3 Å². The van der Waals surface area contributed by atoms with E-state index in [0.717, 1.165) is 10.0 Å². The fourth-order valence-electron chi connectivity index (χ4n) is 1.41. The lowest BCUT2D eigenvalue weighted by molar-refractivity contribution is 0.690. The molecule has 1 aromatic carbocycles. The van der Waals surface area contributed by atoms with Gasteiger partial charge in [-0.3, -0.25) is 4.68 Å². The van der Waals surface area contributed by atoms with E-state index >= 15 is 0 Å². The molecule has 0 saturated carbocycles. The molecule has 0 atom stereocenters. The second kappa shape index (κ2) is 4.78. The third-order valence-corrected chi connectivity index (χ3v) is 3.22. The summed E-state index contributed by atoms with van der Waals surface area (Å²) in [5, 5.41) is 13.4. The van der Waals surface area contributed by atoms with Crippen LogP contribution < -0.4 is 5.73 Å². The van der Waals surface area contributed by atoms with E-state index in [9.17, 15) is 0 Å². The molecule has 17 heavy (non-hydrogen) atoms. The Morgan fingerprint density at radius 1 is 1.53 bits per heavy atom. The van der Waals surface area contributed by atoms with Crippen LogP contribution in [0.4, 0.5) is 5.82 Å². The second-order valence-electron chi connectivity index (χ2n) is 3.48. The van der Waals surface area contributed by atoms with Gasteiger partial charge in [0.05, 0.1) is 22.7 Å². The van der Waals surface area contributed by atoms with Gasteiger partial charge in [0.1, 0.15) is 0 Å². The van der Waals surface area contributed by atoms with Crippen molar-refractivity contribution in [3.05, 3.63) is 45.0 Å². The van der Waals surface area contributed by atoms with Gasteiger partial charge in [0.25, 0.3) is 0 Å². The van der Waals surface area contributed by atoms with Gasteiger partial charge in [0, 0.05) is 11.2 Å². The Morgan fingerprint density at radius 3 is 2.82 bits per heavy atom. The zero-order valence-corrected chi connectivity index (χ0v) is 11.0. The van der Waals surface area contributed by atoms with Gasteiger partial charge in [-0.2, -0.15) is 10.4 Å². The summed E-state index contributed by atoms with van der Waals surface area (Å²) in [4.78, 5) is 0. The molecule has 2 rings (SSSR count). The van der Waals surface area contributed by atoms with Crippen molar-refractivity contribution in [1.82, 2.24) is 9.78 Å². The number of nitriles is 1. The molecular formula is C11H8BrClN4. The molecule has 0 fully saturated rings. The molecule has 1 heterocycles. The van der Waals surface area contributed by atoms with E-state index in [1.54, 1.807) is 23.0 Å². The number of rotatable bonds is 2. The minimum absolute atomic E-state index is 0.440. The molecule has 0 aliphatic rings. The van der Waals surface area contributed by atoms with E-state index in [4.69, 9.17) is 22.6 Å². The molecule has 2 aromatic rings. The van der Waals surface area contributed by atoms with Crippen LogP contribution in [-0.4, -0.2) is 9.78 Å². The molecule has 2 N–H and O–H groups in total.